The number of amides is 2. The van der Waals surface area contributed by atoms with Crippen molar-refractivity contribution in [1.82, 2.24) is 10.2 Å². The zero-order chi connectivity index (χ0) is 21.6. The summed E-state index contributed by atoms with van der Waals surface area (Å²) in [5.74, 6) is 0.495. The summed E-state index contributed by atoms with van der Waals surface area (Å²) in [7, 11) is 0. The number of aryl methyl sites for hydroxylation is 1. The van der Waals surface area contributed by atoms with E-state index in [0.717, 1.165) is 43.1 Å². The van der Waals surface area contributed by atoms with Gasteiger partial charge in [0.25, 0.3) is 5.91 Å². The molecule has 2 aromatic rings. The molecule has 2 amide bonds. The Morgan fingerprint density at radius 1 is 1.23 bits per heavy atom. The molecule has 1 fully saturated rings. The van der Waals surface area contributed by atoms with E-state index in [0.29, 0.717) is 25.1 Å². The van der Waals surface area contributed by atoms with Crippen molar-refractivity contribution in [2.75, 3.05) is 31.6 Å². The van der Waals surface area contributed by atoms with Crippen molar-refractivity contribution in [3.8, 4) is 5.75 Å². The van der Waals surface area contributed by atoms with Crippen LogP contribution in [-0.2, 0) is 33.8 Å². The predicted octanol–water partition coefficient (Wildman–Crippen LogP) is 2.49. The van der Waals surface area contributed by atoms with Crippen LogP contribution in [0.3, 0.4) is 0 Å². The molecule has 7 heteroatoms. The number of nitrogens with one attached hydrogen (secondary N) is 2. The van der Waals surface area contributed by atoms with Crippen LogP contribution in [-0.4, -0.2) is 49.1 Å². The third-order valence-corrected chi connectivity index (χ3v) is 5.55. The van der Waals surface area contributed by atoms with Crippen LogP contribution in [0.4, 0.5) is 5.69 Å². The summed E-state index contributed by atoms with van der Waals surface area (Å²) in [4.78, 5) is 26.1. The third kappa shape index (κ3) is 6.06. The smallest absolute Gasteiger partial charge is 0.258 e. The van der Waals surface area contributed by atoms with Crippen molar-refractivity contribution in [3.63, 3.8) is 0 Å². The normalized spacial score (nSPS) is 18.7. The average molecular weight is 424 g/mol. The van der Waals surface area contributed by atoms with Crippen LogP contribution >= 0.6 is 0 Å². The van der Waals surface area contributed by atoms with E-state index in [2.05, 4.69) is 34.6 Å². The van der Waals surface area contributed by atoms with E-state index in [1.54, 1.807) is 6.07 Å². The standard InChI is InChI=1S/C24H29N3O4/c1-17-14-27(9-10-30-17)15-19-4-2-3-18(11-19)13-25-24(29)16-31-21-6-7-22-20(12-21)5-8-23(28)26-22/h2-4,6-7,11-12,17H,5,8-10,13-16H2,1H3,(H,25,29)(H,26,28)/t17-/m0/s1. The van der Waals surface area contributed by atoms with Crippen LogP contribution < -0.4 is 15.4 Å². The number of carbonyl (C=O) groups is 2. The molecule has 2 N–H and O–H groups in total. The maximum absolute atomic E-state index is 12.2. The molecule has 0 aromatic heterocycles. The molecule has 0 bridgehead atoms. The van der Waals surface area contributed by atoms with E-state index in [4.69, 9.17) is 9.47 Å². The lowest BCUT2D eigenvalue weighted by molar-refractivity contribution is -0.123. The molecule has 2 aromatic carbocycles. The van der Waals surface area contributed by atoms with Crippen LogP contribution in [0, 0.1) is 0 Å². The van der Waals surface area contributed by atoms with Gasteiger partial charge >= 0.3 is 0 Å². The Morgan fingerprint density at radius 2 is 2.10 bits per heavy atom. The molecule has 0 radical (unpaired) electrons. The maximum Gasteiger partial charge on any atom is 0.258 e. The Morgan fingerprint density at radius 3 is 2.97 bits per heavy atom. The van der Waals surface area contributed by atoms with E-state index < -0.39 is 0 Å². The van der Waals surface area contributed by atoms with Crippen molar-refractivity contribution in [2.45, 2.75) is 39.0 Å². The van der Waals surface area contributed by atoms with Gasteiger partial charge in [0.1, 0.15) is 5.75 Å². The molecule has 1 saturated heterocycles. The van der Waals surface area contributed by atoms with Crippen molar-refractivity contribution in [3.05, 3.63) is 59.2 Å². The minimum atomic E-state index is -0.168. The fourth-order valence-corrected chi connectivity index (χ4v) is 3.98. The number of benzene rings is 2. The van der Waals surface area contributed by atoms with Crippen LogP contribution in [0.5, 0.6) is 5.75 Å². The van der Waals surface area contributed by atoms with Crippen LogP contribution in [0.25, 0.3) is 0 Å². The topological polar surface area (TPSA) is 79.9 Å². The molecule has 7 nitrogen and oxygen atoms in total. The number of carbonyl (C=O) groups excluding carboxylic acids is 2. The summed E-state index contributed by atoms with van der Waals surface area (Å²) < 4.78 is 11.2. The van der Waals surface area contributed by atoms with Gasteiger partial charge in [-0.05, 0) is 48.2 Å². The number of hydrogen-bond acceptors (Lipinski definition) is 5. The zero-order valence-corrected chi connectivity index (χ0v) is 17.9. The maximum atomic E-state index is 12.2. The Balaban J connectivity index is 1.24. The fourth-order valence-electron chi connectivity index (χ4n) is 3.98. The molecule has 0 saturated carbocycles. The van der Waals surface area contributed by atoms with E-state index in [1.165, 1.54) is 5.56 Å². The van der Waals surface area contributed by atoms with Crippen molar-refractivity contribution < 1.29 is 19.1 Å². The van der Waals surface area contributed by atoms with Crippen LogP contribution in [0.15, 0.2) is 42.5 Å². The summed E-state index contributed by atoms with van der Waals surface area (Å²) in [5.41, 5.74) is 4.15. The number of rotatable bonds is 7. The highest BCUT2D eigenvalue weighted by Crippen LogP contribution is 2.26. The number of hydrogen-bond donors (Lipinski definition) is 2. The molecule has 2 heterocycles. The summed E-state index contributed by atoms with van der Waals surface area (Å²) >= 11 is 0. The summed E-state index contributed by atoms with van der Waals surface area (Å²) in [6.45, 7) is 6.06. The first-order valence-corrected chi connectivity index (χ1v) is 10.8. The van der Waals surface area contributed by atoms with E-state index >= 15 is 0 Å². The molecule has 0 aliphatic carbocycles. The molecule has 1 atom stereocenters. The molecule has 2 aliphatic rings. The fraction of sp³-hybridized carbons (Fsp3) is 0.417. The Bertz CT molecular complexity index is 946. The number of morpholine rings is 1. The van der Waals surface area contributed by atoms with Gasteiger partial charge in [0, 0.05) is 38.3 Å². The first-order chi connectivity index (χ1) is 15.0. The molecule has 4 rings (SSSR count). The molecule has 31 heavy (non-hydrogen) atoms. The first-order valence-electron chi connectivity index (χ1n) is 10.8. The minimum Gasteiger partial charge on any atom is -0.484 e. The van der Waals surface area contributed by atoms with Crippen LogP contribution in [0.1, 0.15) is 30.0 Å². The lowest BCUT2D eigenvalue weighted by Crippen LogP contribution is -2.40. The summed E-state index contributed by atoms with van der Waals surface area (Å²) in [6, 6.07) is 13.8. The second-order valence-corrected chi connectivity index (χ2v) is 8.17. The van der Waals surface area contributed by atoms with E-state index in [1.807, 2.05) is 24.3 Å². The Kier molecular flexibility index (Phi) is 6.84. The number of fused-ring (bicyclic) bond motifs is 1. The predicted molar refractivity (Wildman–Crippen MR) is 118 cm³/mol. The second-order valence-electron chi connectivity index (χ2n) is 8.17. The lowest BCUT2D eigenvalue weighted by atomic mass is 10.0. The van der Waals surface area contributed by atoms with Crippen molar-refractivity contribution >= 4 is 17.5 Å². The average Bonchev–Trinajstić information content (AvgIpc) is 2.76. The molecular weight excluding hydrogens is 394 g/mol. The van der Waals surface area contributed by atoms with Gasteiger partial charge in [0.05, 0.1) is 12.7 Å². The van der Waals surface area contributed by atoms with E-state index in [-0.39, 0.29) is 24.5 Å². The third-order valence-electron chi connectivity index (χ3n) is 5.55. The van der Waals surface area contributed by atoms with Gasteiger partial charge in [0.15, 0.2) is 6.61 Å². The number of ether oxygens (including phenoxy) is 2. The van der Waals surface area contributed by atoms with Gasteiger partial charge in [-0.15, -0.1) is 0 Å². The highest BCUT2D eigenvalue weighted by atomic mass is 16.5. The molecule has 0 spiro atoms. The molecule has 164 valence electrons. The van der Waals surface area contributed by atoms with Gasteiger partial charge in [-0.3, -0.25) is 14.5 Å². The molecule has 0 unspecified atom stereocenters. The SMILES string of the molecule is C[C@H]1CN(Cc2cccc(CNC(=O)COc3ccc4c(c3)CCC(=O)N4)c2)CCO1. The van der Waals surface area contributed by atoms with Crippen molar-refractivity contribution in [2.24, 2.45) is 0 Å². The first kappa shape index (κ1) is 21.3. The largest absolute Gasteiger partial charge is 0.484 e. The van der Waals surface area contributed by atoms with Gasteiger partial charge in [-0.2, -0.15) is 0 Å². The monoisotopic (exact) mass is 423 g/mol. The Hall–Kier alpha value is -2.90. The minimum absolute atomic E-state index is 0.0316. The summed E-state index contributed by atoms with van der Waals surface area (Å²) in [5, 5.41) is 5.76. The van der Waals surface area contributed by atoms with Gasteiger partial charge in [-0.1, -0.05) is 24.3 Å². The highest BCUT2D eigenvalue weighted by molar-refractivity contribution is 5.94. The quantitative estimate of drug-likeness (QED) is 0.715. The molecule has 2 aliphatic heterocycles. The number of anilines is 1. The molecular formula is C24H29N3O4. The van der Waals surface area contributed by atoms with E-state index in [9.17, 15) is 9.59 Å². The highest BCUT2D eigenvalue weighted by Gasteiger charge is 2.17. The zero-order valence-electron chi connectivity index (χ0n) is 17.9. The second kappa shape index (κ2) is 9.94. The lowest BCUT2D eigenvalue weighted by Gasteiger charge is -2.31. The van der Waals surface area contributed by atoms with Crippen molar-refractivity contribution in [1.29, 1.82) is 0 Å². The van der Waals surface area contributed by atoms with Gasteiger partial charge < -0.3 is 20.1 Å². The van der Waals surface area contributed by atoms with Gasteiger partial charge in [0.2, 0.25) is 5.91 Å². The van der Waals surface area contributed by atoms with Crippen LogP contribution in [0.2, 0.25) is 0 Å². The van der Waals surface area contributed by atoms with Gasteiger partial charge in [-0.25, -0.2) is 0 Å². The Labute approximate surface area is 182 Å². The summed E-state index contributed by atoms with van der Waals surface area (Å²) in [6.07, 6.45) is 1.43. The number of nitrogens with zero attached hydrogens (tertiary/aromatic N) is 1.